The van der Waals surface area contributed by atoms with E-state index in [0.717, 1.165) is 0 Å². The van der Waals surface area contributed by atoms with Gasteiger partial charge in [0.05, 0.1) is 0 Å². The van der Waals surface area contributed by atoms with E-state index in [1.54, 1.807) is 0 Å². The molecule has 0 heterocycles. The molecule has 8 heteroatoms. The van der Waals surface area contributed by atoms with Crippen LogP contribution in [0.4, 0.5) is 0 Å². The molecular formula is C3N5Ta3. The molecule has 0 fully saturated rings. The fourth-order valence-corrected chi connectivity index (χ4v) is 0. The van der Waals surface area contributed by atoms with E-state index in [4.69, 9.17) is 0 Å². The maximum atomic E-state index is 0. The van der Waals surface area contributed by atoms with Crippen LogP contribution in [0.1, 0.15) is 0 Å². The van der Waals surface area contributed by atoms with Crippen molar-refractivity contribution in [3.63, 3.8) is 0 Å². The molecule has 0 spiro atoms. The maximum Gasteiger partial charge on any atom is 5.00 e. The van der Waals surface area contributed by atoms with E-state index in [0.29, 0.717) is 0 Å². The number of hydrogen-bond donors (Lipinski definition) is 0. The first-order chi connectivity index (χ1) is 0. The zero-order valence-electron chi connectivity index (χ0n) is 5.08. The summed E-state index contributed by atoms with van der Waals surface area (Å²) in [5.74, 6) is 0. The quantitative estimate of drug-likeness (QED) is 0.376. The Morgan fingerprint density at radius 3 is 0.273 bits per heavy atom. The summed E-state index contributed by atoms with van der Waals surface area (Å²) in [4.78, 5) is 0. The van der Waals surface area contributed by atoms with Crippen molar-refractivity contribution < 1.29 is 67.1 Å². The molecule has 0 aliphatic rings. The van der Waals surface area contributed by atoms with Gasteiger partial charge in [-0.25, -0.2) is 0 Å². The summed E-state index contributed by atoms with van der Waals surface area (Å²) in [5, 5.41) is 0. The molecule has 0 aromatic carbocycles. The summed E-state index contributed by atoms with van der Waals surface area (Å²) in [5.41, 5.74) is 0. The predicted molar refractivity (Wildman–Crippen MR) is 26.5 cm³/mol. The van der Waals surface area contributed by atoms with Crippen LogP contribution in [0.25, 0.3) is 30.8 Å². The van der Waals surface area contributed by atoms with Crippen molar-refractivity contribution in [2.45, 2.75) is 0 Å². The van der Waals surface area contributed by atoms with Crippen LogP contribution in [0.3, 0.4) is 0 Å². The van der Waals surface area contributed by atoms with Gasteiger partial charge in [0.2, 0.25) is 0 Å². The SMILES string of the molecule is [C].[C].[C].[N-3].[N-3].[N-3].[N-3].[N-3].[Ta+5].[Ta+5].[Ta+5]. The van der Waals surface area contributed by atoms with Crippen LogP contribution in [0, 0.1) is 22.3 Å². The van der Waals surface area contributed by atoms with E-state index >= 15 is 0 Å². The van der Waals surface area contributed by atoms with Crippen LogP contribution in [-0.4, -0.2) is 0 Å². The van der Waals surface area contributed by atoms with Crippen LogP contribution >= 0.6 is 0 Å². The van der Waals surface area contributed by atoms with Gasteiger partial charge in [0.15, 0.2) is 0 Å². The van der Waals surface area contributed by atoms with Gasteiger partial charge in [-0.2, -0.15) is 0 Å². The Morgan fingerprint density at radius 1 is 0.273 bits per heavy atom. The molecule has 0 saturated carbocycles. The minimum Gasteiger partial charge on any atom is -3.00 e. The van der Waals surface area contributed by atoms with Gasteiger partial charge in [0.25, 0.3) is 0 Å². The van der Waals surface area contributed by atoms with Crippen molar-refractivity contribution in [2.75, 3.05) is 0 Å². The Hall–Kier alpha value is 2.02. The smallest absolute Gasteiger partial charge is 3.00 e. The van der Waals surface area contributed by atoms with Gasteiger partial charge in [-0.05, 0) is 0 Å². The Labute approximate surface area is 119 Å². The molecule has 12 radical (unpaired) electrons. The third-order valence-corrected chi connectivity index (χ3v) is 0. The first kappa shape index (κ1) is 461. The Kier molecular flexibility index (Phi) is 15000. The minimum atomic E-state index is 0. The zero-order chi connectivity index (χ0) is 0. The third-order valence-electron chi connectivity index (χ3n) is 0. The van der Waals surface area contributed by atoms with E-state index in [2.05, 4.69) is 0 Å². The molecule has 0 aliphatic heterocycles. The maximum absolute atomic E-state index is 0. The molecule has 0 saturated heterocycles. The number of hydrogen-bond acceptors (Lipinski definition) is 0. The fourth-order valence-electron chi connectivity index (χ4n) is 0. The summed E-state index contributed by atoms with van der Waals surface area (Å²) in [6, 6.07) is 0. The minimum absolute atomic E-state index is 0. The Morgan fingerprint density at radius 2 is 0.273 bits per heavy atom. The first-order valence-corrected chi connectivity index (χ1v) is 0. The van der Waals surface area contributed by atoms with Gasteiger partial charge in [0, 0.05) is 22.3 Å². The van der Waals surface area contributed by atoms with Crippen molar-refractivity contribution >= 4 is 0 Å². The first-order valence-electron chi connectivity index (χ1n) is 0. The number of rotatable bonds is 0. The summed E-state index contributed by atoms with van der Waals surface area (Å²) in [6.07, 6.45) is 0. The van der Waals surface area contributed by atoms with Gasteiger partial charge in [-0.1, -0.05) is 0 Å². The second-order valence-corrected chi connectivity index (χ2v) is 0. The van der Waals surface area contributed by atoms with Crippen molar-refractivity contribution in [1.82, 2.24) is 0 Å². The summed E-state index contributed by atoms with van der Waals surface area (Å²) in [7, 11) is 0. The molecule has 0 aromatic rings. The predicted octanol–water partition coefficient (Wildman–Crippen LogP) is 1.68. The molecule has 11 heavy (non-hydrogen) atoms. The molecule has 0 unspecified atom stereocenters. The van der Waals surface area contributed by atoms with E-state index in [9.17, 15) is 0 Å². The standard InChI is InChI=1S/3C.5N.3Ta/q;;;5*-3;3*+5. The molecule has 0 aliphatic carbocycles. The third kappa shape index (κ3) is 296. The van der Waals surface area contributed by atoms with Crippen molar-refractivity contribution in [3.05, 3.63) is 53.0 Å². The van der Waals surface area contributed by atoms with Gasteiger partial charge in [-0.3, -0.25) is 0 Å². The molecule has 0 N–H and O–H groups in total. The number of nitrogens with zero attached hydrogens (tertiary/aromatic N) is 5. The molecular weight excluding hydrogens is 649 g/mol. The topological polar surface area (TPSA) is 152 Å². The van der Waals surface area contributed by atoms with Crippen LogP contribution in [0.5, 0.6) is 0 Å². The van der Waals surface area contributed by atoms with Crippen molar-refractivity contribution in [3.8, 4) is 0 Å². The van der Waals surface area contributed by atoms with Gasteiger partial charge >= 0.3 is 67.1 Å². The summed E-state index contributed by atoms with van der Waals surface area (Å²) in [6.45, 7) is 0. The second kappa shape index (κ2) is 358. The molecule has 5 nitrogen and oxygen atoms in total. The summed E-state index contributed by atoms with van der Waals surface area (Å²) >= 11 is 0. The largest absolute Gasteiger partial charge is 5.00 e. The van der Waals surface area contributed by atoms with Crippen LogP contribution in [-0.2, 0) is 67.1 Å². The summed E-state index contributed by atoms with van der Waals surface area (Å²) < 4.78 is 0. The normalized spacial score (nSPS) is 0. The Bertz CT molecular complexity index is 16.9. The Balaban J connectivity index is 0. The van der Waals surface area contributed by atoms with E-state index in [1.807, 2.05) is 0 Å². The zero-order valence-corrected chi connectivity index (χ0v) is 14.7. The van der Waals surface area contributed by atoms with Crippen molar-refractivity contribution in [1.29, 1.82) is 0 Å². The molecule has 0 rings (SSSR count). The fraction of sp³-hybridized carbons (Fsp3) is 0. The van der Waals surface area contributed by atoms with Crippen molar-refractivity contribution in [2.24, 2.45) is 0 Å². The molecule has 52 valence electrons. The van der Waals surface area contributed by atoms with E-state index in [1.165, 1.54) is 0 Å². The van der Waals surface area contributed by atoms with E-state index < -0.39 is 0 Å². The van der Waals surface area contributed by atoms with Crippen LogP contribution in [0.15, 0.2) is 0 Å². The van der Waals surface area contributed by atoms with Crippen LogP contribution < -0.4 is 0 Å². The van der Waals surface area contributed by atoms with Gasteiger partial charge in [0.1, 0.15) is 0 Å². The van der Waals surface area contributed by atoms with Gasteiger partial charge < -0.3 is 30.8 Å². The van der Waals surface area contributed by atoms with Crippen LogP contribution in [0.2, 0.25) is 0 Å². The molecule has 0 amide bonds. The van der Waals surface area contributed by atoms with Gasteiger partial charge in [-0.15, -0.1) is 0 Å². The molecule has 0 aromatic heterocycles. The monoisotopic (exact) mass is 649 g/mol. The van der Waals surface area contributed by atoms with E-state index in [-0.39, 0.29) is 120 Å². The average molecular weight is 649 g/mol. The second-order valence-electron chi connectivity index (χ2n) is 0. The molecule has 0 atom stereocenters. The average Bonchev–Trinajstić information content (AvgIpc) is 0. The molecule has 0 bridgehead atoms.